The molecule has 1 aromatic heterocycles. The number of nitrogens with two attached hydrogens (primary N) is 1. The van der Waals surface area contributed by atoms with Gasteiger partial charge >= 0.3 is 0 Å². The molecule has 1 fully saturated rings. The Bertz CT molecular complexity index is 410. The highest BCUT2D eigenvalue weighted by atomic mass is 32.1. The summed E-state index contributed by atoms with van der Waals surface area (Å²) in [4.78, 5) is 7.00. The van der Waals surface area contributed by atoms with Crippen LogP contribution in [-0.2, 0) is 0 Å². The number of anilines is 1. The zero-order valence-corrected chi connectivity index (χ0v) is 10.5. The highest BCUT2D eigenvalue weighted by molar-refractivity contribution is 7.80. The first-order chi connectivity index (χ1) is 8.20. The van der Waals surface area contributed by atoms with Crippen molar-refractivity contribution in [1.82, 2.24) is 4.98 Å². The lowest BCUT2D eigenvalue weighted by Crippen LogP contribution is -2.22. The highest BCUT2D eigenvalue weighted by Crippen LogP contribution is 2.24. The lowest BCUT2D eigenvalue weighted by Gasteiger charge is -2.17. The summed E-state index contributed by atoms with van der Waals surface area (Å²) < 4.78 is 0. The maximum absolute atomic E-state index is 8.93. The van der Waals surface area contributed by atoms with E-state index in [0.717, 1.165) is 31.7 Å². The van der Waals surface area contributed by atoms with Crippen LogP contribution < -0.4 is 10.6 Å². The summed E-state index contributed by atoms with van der Waals surface area (Å²) in [6.07, 6.45) is 1.98. The molecule has 4 nitrogen and oxygen atoms in total. The van der Waals surface area contributed by atoms with E-state index >= 15 is 0 Å². The van der Waals surface area contributed by atoms with Crippen molar-refractivity contribution in [1.29, 1.82) is 0 Å². The molecule has 0 aliphatic carbocycles. The number of hydrogen-bond acceptors (Lipinski definition) is 4. The molecule has 1 aliphatic heterocycles. The van der Waals surface area contributed by atoms with E-state index in [2.05, 4.69) is 9.88 Å². The van der Waals surface area contributed by atoms with Crippen molar-refractivity contribution in [3.05, 3.63) is 23.9 Å². The second-order valence-corrected chi connectivity index (χ2v) is 4.80. The van der Waals surface area contributed by atoms with Gasteiger partial charge in [-0.2, -0.15) is 0 Å². The molecule has 2 rings (SSSR count). The number of aromatic nitrogens is 1. The molecule has 0 radical (unpaired) electrons. The van der Waals surface area contributed by atoms with Crippen LogP contribution in [0.3, 0.4) is 0 Å². The molecule has 0 aromatic carbocycles. The summed E-state index contributed by atoms with van der Waals surface area (Å²) in [5.74, 6) is 1.49. The number of aliphatic hydroxyl groups excluding tert-OH is 1. The predicted molar refractivity (Wildman–Crippen MR) is 72.1 cm³/mol. The van der Waals surface area contributed by atoms with Crippen molar-refractivity contribution in [2.75, 3.05) is 24.6 Å². The van der Waals surface area contributed by atoms with E-state index < -0.39 is 0 Å². The monoisotopic (exact) mass is 251 g/mol. The van der Waals surface area contributed by atoms with E-state index in [1.54, 1.807) is 0 Å². The molecule has 92 valence electrons. The van der Waals surface area contributed by atoms with Crippen molar-refractivity contribution >= 4 is 23.0 Å². The third-order valence-corrected chi connectivity index (χ3v) is 3.34. The maximum atomic E-state index is 8.93. The molecule has 0 saturated carbocycles. The van der Waals surface area contributed by atoms with Gasteiger partial charge in [-0.15, -0.1) is 0 Å². The fourth-order valence-electron chi connectivity index (χ4n) is 2.20. The summed E-state index contributed by atoms with van der Waals surface area (Å²) in [6.45, 7) is 2.20. The molecule has 17 heavy (non-hydrogen) atoms. The Labute approximate surface area is 106 Å². The molecule has 0 bridgehead atoms. The fourth-order valence-corrected chi connectivity index (χ4v) is 2.31. The molecule has 1 atom stereocenters. The number of hydrogen-bond donors (Lipinski definition) is 2. The largest absolute Gasteiger partial charge is 0.396 e. The van der Waals surface area contributed by atoms with Gasteiger partial charge in [0.05, 0.1) is 5.69 Å². The molecule has 0 amide bonds. The fraction of sp³-hybridized carbons (Fsp3) is 0.500. The smallest absolute Gasteiger partial charge is 0.129 e. The first-order valence-corrected chi connectivity index (χ1v) is 6.24. The van der Waals surface area contributed by atoms with E-state index in [-0.39, 0.29) is 6.61 Å². The molecular weight excluding hydrogens is 234 g/mol. The van der Waals surface area contributed by atoms with E-state index in [9.17, 15) is 0 Å². The molecule has 1 aliphatic rings. The first-order valence-electron chi connectivity index (χ1n) is 5.83. The van der Waals surface area contributed by atoms with Crippen LogP contribution >= 0.6 is 12.2 Å². The Morgan fingerprint density at radius 3 is 3.12 bits per heavy atom. The summed E-state index contributed by atoms with van der Waals surface area (Å²) in [6, 6.07) is 5.73. The van der Waals surface area contributed by atoms with Crippen LogP contribution in [0.15, 0.2) is 18.2 Å². The minimum atomic E-state index is 0.263. The van der Waals surface area contributed by atoms with E-state index in [4.69, 9.17) is 23.1 Å². The third-order valence-electron chi connectivity index (χ3n) is 3.13. The van der Waals surface area contributed by atoms with Crippen molar-refractivity contribution in [2.24, 2.45) is 11.7 Å². The average molecular weight is 251 g/mol. The summed E-state index contributed by atoms with van der Waals surface area (Å²) in [5, 5.41) is 8.93. The Morgan fingerprint density at radius 2 is 2.41 bits per heavy atom. The van der Waals surface area contributed by atoms with E-state index in [0.29, 0.717) is 16.6 Å². The number of pyridine rings is 1. The lowest BCUT2D eigenvalue weighted by molar-refractivity contribution is 0.263. The number of nitrogens with zero attached hydrogens (tertiary/aromatic N) is 2. The van der Waals surface area contributed by atoms with E-state index in [1.165, 1.54) is 0 Å². The van der Waals surface area contributed by atoms with Gasteiger partial charge in [0, 0.05) is 19.7 Å². The van der Waals surface area contributed by atoms with Gasteiger partial charge in [0.25, 0.3) is 0 Å². The third kappa shape index (κ3) is 2.92. The van der Waals surface area contributed by atoms with Crippen molar-refractivity contribution in [3.63, 3.8) is 0 Å². The summed E-state index contributed by atoms with van der Waals surface area (Å²) in [5.41, 5.74) is 6.24. The van der Waals surface area contributed by atoms with Gasteiger partial charge in [-0.25, -0.2) is 4.98 Å². The normalized spacial score (nSPS) is 19.6. The predicted octanol–water partition coefficient (Wildman–Crippen LogP) is 0.924. The standard InChI is InChI=1S/C12H17N3OS/c13-12(17)10-2-1-3-11(14-10)15-6-4-9(8-15)5-7-16/h1-3,9,16H,4-8H2,(H2,13,17). The van der Waals surface area contributed by atoms with E-state index in [1.807, 2.05) is 18.2 Å². The number of rotatable bonds is 4. The minimum absolute atomic E-state index is 0.263. The van der Waals surface area contributed by atoms with Crippen LogP contribution in [0.2, 0.25) is 0 Å². The van der Waals surface area contributed by atoms with Crippen LogP contribution in [0, 0.1) is 5.92 Å². The lowest BCUT2D eigenvalue weighted by atomic mass is 10.1. The molecule has 1 unspecified atom stereocenters. The zero-order valence-electron chi connectivity index (χ0n) is 9.67. The Morgan fingerprint density at radius 1 is 1.59 bits per heavy atom. The molecular formula is C12H17N3OS. The second-order valence-electron chi connectivity index (χ2n) is 4.36. The molecule has 2 heterocycles. The van der Waals surface area contributed by atoms with Crippen molar-refractivity contribution < 1.29 is 5.11 Å². The Balaban J connectivity index is 2.08. The van der Waals surface area contributed by atoms with Gasteiger partial charge in [0.15, 0.2) is 0 Å². The average Bonchev–Trinajstić information content (AvgIpc) is 2.78. The van der Waals surface area contributed by atoms with Crippen molar-refractivity contribution in [2.45, 2.75) is 12.8 Å². The van der Waals surface area contributed by atoms with Crippen LogP contribution in [0.1, 0.15) is 18.5 Å². The summed E-state index contributed by atoms with van der Waals surface area (Å²) >= 11 is 4.92. The van der Waals surface area contributed by atoms with Gasteiger partial charge in [-0.05, 0) is 30.9 Å². The quantitative estimate of drug-likeness (QED) is 0.779. The molecule has 1 aromatic rings. The van der Waals surface area contributed by atoms with Gasteiger partial charge in [0.2, 0.25) is 0 Å². The van der Waals surface area contributed by atoms with Crippen LogP contribution in [-0.4, -0.2) is 34.8 Å². The maximum Gasteiger partial charge on any atom is 0.129 e. The van der Waals surface area contributed by atoms with Crippen LogP contribution in [0.25, 0.3) is 0 Å². The highest BCUT2D eigenvalue weighted by Gasteiger charge is 2.23. The second kappa shape index (κ2) is 5.42. The van der Waals surface area contributed by atoms with Crippen LogP contribution in [0.4, 0.5) is 5.82 Å². The van der Waals surface area contributed by atoms with Crippen LogP contribution in [0.5, 0.6) is 0 Å². The first kappa shape index (κ1) is 12.3. The Kier molecular flexibility index (Phi) is 3.91. The van der Waals surface area contributed by atoms with Gasteiger partial charge in [-0.1, -0.05) is 18.3 Å². The summed E-state index contributed by atoms with van der Waals surface area (Å²) in [7, 11) is 0. The van der Waals surface area contributed by atoms with Gasteiger partial charge in [-0.3, -0.25) is 0 Å². The Hall–Kier alpha value is -1.20. The topological polar surface area (TPSA) is 62.4 Å². The molecule has 1 saturated heterocycles. The molecule has 0 spiro atoms. The van der Waals surface area contributed by atoms with Gasteiger partial charge in [0.1, 0.15) is 10.8 Å². The zero-order chi connectivity index (χ0) is 12.3. The molecule has 3 N–H and O–H groups in total. The molecule has 5 heteroatoms. The number of thiocarbonyl (C=S) groups is 1. The minimum Gasteiger partial charge on any atom is -0.396 e. The number of aliphatic hydroxyl groups is 1. The SMILES string of the molecule is NC(=S)c1cccc(N2CCC(CCO)C2)n1. The van der Waals surface area contributed by atoms with Gasteiger partial charge < -0.3 is 15.7 Å². The van der Waals surface area contributed by atoms with Crippen molar-refractivity contribution in [3.8, 4) is 0 Å².